The molecular weight excluding hydrogens is 336 g/mol. The molecule has 2 aromatic carbocycles. The van der Waals surface area contributed by atoms with Crippen LogP contribution in [0.25, 0.3) is 0 Å². The Hall–Kier alpha value is -1.71. The highest BCUT2D eigenvalue weighted by molar-refractivity contribution is 6.74. The maximum atomic E-state index is 12.9. The van der Waals surface area contributed by atoms with Gasteiger partial charge in [0.05, 0.1) is 6.10 Å². The third-order valence-corrected chi connectivity index (χ3v) is 10.1. The number of carbonyl (C=O) groups is 1. The monoisotopic (exact) mass is 368 g/mol. The van der Waals surface area contributed by atoms with Crippen LogP contribution in [-0.4, -0.2) is 20.2 Å². The average molecular weight is 369 g/mol. The molecule has 2 atom stereocenters. The molecule has 2 rings (SSSR count). The summed E-state index contributed by atoms with van der Waals surface area (Å²) in [5, 5.41) is 0.109. The predicted molar refractivity (Wildman–Crippen MR) is 112 cm³/mol. The van der Waals surface area contributed by atoms with Crippen LogP contribution in [0.3, 0.4) is 0 Å². The van der Waals surface area contributed by atoms with Crippen LogP contribution in [-0.2, 0) is 4.43 Å². The Balaban J connectivity index is 2.28. The quantitative estimate of drug-likeness (QED) is 0.414. The van der Waals surface area contributed by atoms with Gasteiger partial charge in [-0.25, -0.2) is 0 Å². The Kier molecular flexibility index (Phi) is 6.59. The summed E-state index contributed by atoms with van der Waals surface area (Å²) in [7, 11) is -1.98. The first-order chi connectivity index (χ1) is 12.1. The molecule has 0 saturated heterocycles. The van der Waals surface area contributed by atoms with Gasteiger partial charge in [-0.3, -0.25) is 4.79 Å². The highest BCUT2D eigenvalue weighted by Crippen LogP contribution is 2.39. The van der Waals surface area contributed by atoms with Crippen LogP contribution in [0.4, 0.5) is 0 Å². The van der Waals surface area contributed by atoms with E-state index in [0.717, 1.165) is 5.56 Å². The van der Waals surface area contributed by atoms with E-state index in [2.05, 4.69) is 52.9 Å². The highest BCUT2D eigenvalue weighted by Gasteiger charge is 2.40. The van der Waals surface area contributed by atoms with E-state index in [9.17, 15) is 4.79 Å². The zero-order valence-corrected chi connectivity index (χ0v) is 18.0. The molecule has 0 N–H and O–H groups in total. The van der Waals surface area contributed by atoms with Crippen molar-refractivity contribution in [3.8, 4) is 0 Å². The van der Waals surface area contributed by atoms with Crippen LogP contribution in [0.2, 0.25) is 18.1 Å². The van der Waals surface area contributed by atoms with Gasteiger partial charge in [-0.15, -0.1) is 0 Å². The van der Waals surface area contributed by atoms with E-state index in [1.807, 2.05) is 48.5 Å². The summed E-state index contributed by atoms with van der Waals surface area (Å²) in [5.74, 6) is 0.315. The number of ketones is 1. The van der Waals surface area contributed by atoms with Crippen LogP contribution in [0.1, 0.15) is 56.0 Å². The van der Waals surface area contributed by atoms with Gasteiger partial charge >= 0.3 is 0 Å². The lowest BCUT2D eigenvalue weighted by Crippen LogP contribution is -2.45. The fourth-order valence-corrected chi connectivity index (χ4v) is 4.17. The van der Waals surface area contributed by atoms with E-state index in [1.54, 1.807) is 0 Å². The molecule has 0 amide bonds. The van der Waals surface area contributed by atoms with E-state index in [1.165, 1.54) is 5.56 Å². The molecule has 0 aliphatic rings. The second-order valence-electron chi connectivity index (χ2n) is 8.61. The van der Waals surface area contributed by atoms with Crippen molar-refractivity contribution in [1.29, 1.82) is 0 Å². The normalized spacial score (nSPS) is 14.7. The van der Waals surface area contributed by atoms with Crippen LogP contribution in [0, 0.1) is 0 Å². The Bertz CT molecular complexity index is 702. The second-order valence-corrected chi connectivity index (χ2v) is 13.4. The van der Waals surface area contributed by atoms with E-state index < -0.39 is 8.32 Å². The first kappa shape index (κ1) is 20.6. The van der Waals surface area contributed by atoms with Crippen LogP contribution in [0.5, 0.6) is 0 Å². The van der Waals surface area contributed by atoms with Gasteiger partial charge in [0.1, 0.15) is 0 Å². The molecule has 3 heteroatoms. The van der Waals surface area contributed by atoms with Crippen molar-refractivity contribution in [2.24, 2.45) is 0 Å². The smallest absolute Gasteiger partial charge is 0.192 e. The van der Waals surface area contributed by atoms with Crippen molar-refractivity contribution >= 4 is 14.1 Å². The van der Waals surface area contributed by atoms with Crippen molar-refractivity contribution in [3.05, 3.63) is 71.8 Å². The highest BCUT2D eigenvalue weighted by atomic mass is 28.4. The maximum absolute atomic E-state index is 12.9. The summed E-state index contributed by atoms with van der Waals surface area (Å²) in [6, 6.07) is 19.9. The third kappa shape index (κ3) is 5.15. The van der Waals surface area contributed by atoms with Gasteiger partial charge in [0.15, 0.2) is 14.1 Å². The topological polar surface area (TPSA) is 26.3 Å². The van der Waals surface area contributed by atoms with Gasteiger partial charge in [0, 0.05) is 17.9 Å². The molecular formula is C23H32O2Si. The lowest BCUT2D eigenvalue weighted by Gasteiger charge is -2.41. The van der Waals surface area contributed by atoms with E-state index in [0.29, 0.717) is 6.42 Å². The summed E-state index contributed by atoms with van der Waals surface area (Å²) in [4.78, 5) is 12.9. The first-order valence-electron chi connectivity index (χ1n) is 9.43. The number of hydrogen-bond acceptors (Lipinski definition) is 2. The van der Waals surface area contributed by atoms with Crippen molar-refractivity contribution in [1.82, 2.24) is 0 Å². The number of rotatable bonds is 7. The molecule has 26 heavy (non-hydrogen) atoms. The Labute approximate surface area is 159 Å². The fourth-order valence-electron chi connectivity index (χ4n) is 2.77. The lowest BCUT2D eigenvalue weighted by molar-refractivity contribution is 0.0861. The number of carbonyl (C=O) groups excluding carboxylic acids is 1. The molecule has 0 aromatic heterocycles. The Morgan fingerprint density at radius 1 is 0.962 bits per heavy atom. The van der Waals surface area contributed by atoms with Crippen LogP contribution < -0.4 is 0 Å². The standard InChI is InChI=1S/C23H32O2Si/c1-18(19-13-9-7-10-14-19)22(25-26(5,6)23(2,3)4)17-21(24)20-15-11-8-12-16-20/h7-16,18,22H,17H2,1-6H3/t18-,22-/m1/s1. The molecule has 0 aliphatic carbocycles. The average Bonchev–Trinajstić information content (AvgIpc) is 2.61. The van der Waals surface area contributed by atoms with Gasteiger partial charge in [-0.1, -0.05) is 88.4 Å². The number of benzene rings is 2. The van der Waals surface area contributed by atoms with Gasteiger partial charge in [-0.05, 0) is 23.7 Å². The summed E-state index contributed by atoms with van der Waals surface area (Å²) in [6.45, 7) is 13.4. The minimum atomic E-state index is -1.98. The summed E-state index contributed by atoms with van der Waals surface area (Å²) in [5.41, 5.74) is 1.98. The summed E-state index contributed by atoms with van der Waals surface area (Å²) < 4.78 is 6.73. The molecule has 2 aromatic rings. The molecule has 0 saturated carbocycles. The molecule has 0 unspecified atom stereocenters. The summed E-state index contributed by atoms with van der Waals surface area (Å²) in [6.07, 6.45) is 0.290. The molecule has 2 nitrogen and oxygen atoms in total. The van der Waals surface area contributed by atoms with Crippen molar-refractivity contribution in [2.45, 2.75) is 64.3 Å². The first-order valence-corrected chi connectivity index (χ1v) is 12.3. The van der Waals surface area contributed by atoms with Gasteiger partial charge in [0.25, 0.3) is 0 Å². The lowest BCUT2D eigenvalue weighted by atomic mass is 9.91. The molecule has 140 valence electrons. The number of hydrogen-bond donors (Lipinski definition) is 0. The minimum absolute atomic E-state index is 0.109. The molecule has 0 radical (unpaired) electrons. The van der Waals surface area contributed by atoms with Crippen molar-refractivity contribution in [3.63, 3.8) is 0 Å². The van der Waals surface area contributed by atoms with E-state index in [-0.39, 0.29) is 22.8 Å². The summed E-state index contributed by atoms with van der Waals surface area (Å²) >= 11 is 0. The fraction of sp³-hybridized carbons (Fsp3) is 0.435. The van der Waals surface area contributed by atoms with Crippen LogP contribution >= 0.6 is 0 Å². The predicted octanol–water partition coefficient (Wildman–Crippen LogP) is 6.45. The second kappa shape index (κ2) is 8.32. The third-order valence-electron chi connectivity index (χ3n) is 5.62. The van der Waals surface area contributed by atoms with Crippen LogP contribution in [0.15, 0.2) is 60.7 Å². The molecule has 0 bridgehead atoms. The van der Waals surface area contributed by atoms with E-state index >= 15 is 0 Å². The van der Waals surface area contributed by atoms with E-state index in [4.69, 9.17) is 4.43 Å². The maximum Gasteiger partial charge on any atom is 0.192 e. The molecule has 0 heterocycles. The number of Topliss-reactive ketones (excluding diaryl/α,β-unsaturated/α-hetero) is 1. The van der Waals surface area contributed by atoms with Crippen molar-refractivity contribution in [2.75, 3.05) is 0 Å². The SMILES string of the molecule is C[C@H](c1ccccc1)[C@@H](CC(=O)c1ccccc1)O[Si](C)(C)C(C)(C)C. The molecule has 0 fully saturated rings. The van der Waals surface area contributed by atoms with Crippen molar-refractivity contribution < 1.29 is 9.22 Å². The van der Waals surface area contributed by atoms with Gasteiger partial charge in [-0.2, -0.15) is 0 Å². The molecule has 0 aliphatic heterocycles. The zero-order valence-electron chi connectivity index (χ0n) is 17.0. The Morgan fingerprint density at radius 2 is 1.46 bits per heavy atom. The Morgan fingerprint density at radius 3 is 1.96 bits per heavy atom. The zero-order chi connectivity index (χ0) is 19.4. The largest absolute Gasteiger partial charge is 0.413 e. The van der Waals surface area contributed by atoms with Gasteiger partial charge < -0.3 is 4.43 Å². The van der Waals surface area contributed by atoms with Gasteiger partial charge in [0.2, 0.25) is 0 Å². The minimum Gasteiger partial charge on any atom is -0.413 e. The molecule has 0 spiro atoms.